The largest absolute Gasteiger partial charge is 0.385 e. The molecule has 0 spiro atoms. The number of ether oxygens (including phenoxy) is 1. The molecule has 2 N–H and O–H groups in total. The third-order valence-electron chi connectivity index (χ3n) is 2.22. The minimum absolute atomic E-state index is 0.109. The molecule has 0 bridgehead atoms. The Balaban J connectivity index is 2.29. The van der Waals surface area contributed by atoms with Gasteiger partial charge in [0.25, 0.3) is 0 Å². The summed E-state index contributed by atoms with van der Waals surface area (Å²) in [5.41, 5.74) is 0.684. The van der Waals surface area contributed by atoms with Crippen molar-refractivity contribution in [3.8, 4) is 0 Å². The molecule has 1 amide bonds. The monoisotopic (exact) mass is 318 g/mol. The first-order valence-corrected chi connectivity index (χ1v) is 6.37. The van der Waals surface area contributed by atoms with Crippen LogP contribution >= 0.6 is 15.9 Å². The van der Waals surface area contributed by atoms with E-state index in [9.17, 15) is 9.18 Å². The standard InChI is InChI=1S/C12H16BrFN2O2/c1-18-6-2-5-15-12(17)8-16-11-4-3-9(14)7-10(11)13/h3-4,7,16H,2,5-6,8H2,1H3,(H,15,17). The van der Waals surface area contributed by atoms with E-state index in [0.29, 0.717) is 23.3 Å². The van der Waals surface area contributed by atoms with Crippen molar-refractivity contribution in [2.45, 2.75) is 6.42 Å². The maximum Gasteiger partial charge on any atom is 0.239 e. The average molecular weight is 319 g/mol. The third kappa shape index (κ3) is 5.46. The topological polar surface area (TPSA) is 50.4 Å². The molecular formula is C12H16BrFN2O2. The van der Waals surface area contributed by atoms with Gasteiger partial charge in [0, 0.05) is 30.4 Å². The molecular weight excluding hydrogens is 303 g/mol. The fourth-order valence-corrected chi connectivity index (χ4v) is 1.81. The Hall–Kier alpha value is -1.14. The molecule has 0 fully saturated rings. The molecule has 1 aromatic rings. The highest BCUT2D eigenvalue weighted by molar-refractivity contribution is 9.10. The van der Waals surface area contributed by atoms with Gasteiger partial charge in [0.1, 0.15) is 5.82 Å². The van der Waals surface area contributed by atoms with E-state index in [0.717, 1.165) is 6.42 Å². The number of rotatable bonds is 7. The lowest BCUT2D eigenvalue weighted by atomic mass is 10.3. The van der Waals surface area contributed by atoms with E-state index in [1.165, 1.54) is 12.1 Å². The van der Waals surface area contributed by atoms with Crippen LogP contribution < -0.4 is 10.6 Å². The van der Waals surface area contributed by atoms with Crippen molar-refractivity contribution in [2.75, 3.05) is 32.1 Å². The molecule has 0 saturated heterocycles. The van der Waals surface area contributed by atoms with E-state index in [1.807, 2.05) is 0 Å². The van der Waals surface area contributed by atoms with Crippen LogP contribution in [-0.2, 0) is 9.53 Å². The van der Waals surface area contributed by atoms with Crippen molar-refractivity contribution in [3.05, 3.63) is 28.5 Å². The van der Waals surface area contributed by atoms with Gasteiger partial charge in [-0.15, -0.1) is 0 Å². The van der Waals surface area contributed by atoms with Crippen molar-refractivity contribution < 1.29 is 13.9 Å². The van der Waals surface area contributed by atoms with Gasteiger partial charge in [-0.25, -0.2) is 4.39 Å². The quantitative estimate of drug-likeness (QED) is 0.757. The summed E-state index contributed by atoms with van der Waals surface area (Å²) in [7, 11) is 1.62. The molecule has 0 aliphatic heterocycles. The van der Waals surface area contributed by atoms with Crippen LogP contribution in [0.25, 0.3) is 0 Å². The summed E-state index contributed by atoms with van der Waals surface area (Å²) in [4.78, 5) is 11.5. The van der Waals surface area contributed by atoms with Gasteiger partial charge >= 0.3 is 0 Å². The van der Waals surface area contributed by atoms with Gasteiger partial charge in [-0.3, -0.25) is 4.79 Å². The summed E-state index contributed by atoms with van der Waals surface area (Å²) in [6.45, 7) is 1.35. The van der Waals surface area contributed by atoms with Crippen LogP contribution in [0.15, 0.2) is 22.7 Å². The molecule has 100 valence electrons. The highest BCUT2D eigenvalue weighted by atomic mass is 79.9. The summed E-state index contributed by atoms with van der Waals surface area (Å²) >= 11 is 3.22. The van der Waals surface area contributed by atoms with Gasteiger partial charge in [0.15, 0.2) is 0 Å². The Morgan fingerprint density at radius 3 is 2.94 bits per heavy atom. The van der Waals surface area contributed by atoms with E-state index in [2.05, 4.69) is 26.6 Å². The summed E-state index contributed by atoms with van der Waals surface area (Å²) < 4.78 is 18.3. The van der Waals surface area contributed by atoms with Crippen molar-refractivity contribution in [3.63, 3.8) is 0 Å². The zero-order chi connectivity index (χ0) is 13.4. The molecule has 0 unspecified atom stereocenters. The van der Waals surface area contributed by atoms with Crippen LogP contribution in [0.4, 0.5) is 10.1 Å². The highest BCUT2D eigenvalue weighted by Gasteiger charge is 2.04. The molecule has 0 aliphatic carbocycles. The lowest BCUT2D eigenvalue weighted by Gasteiger charge is -2.09. The first kappa shape index (κ1) is 14.9. The fraction of sp³-hybridized carbons (Fsp3) is 0.417. The summed E-state index contributed by atoms with van der Waals surface area (Å²) in [5.74, 6) is -0.432. The lowest BCUT2D eigenvalue weighted by molar-refractivity contribution is -0.119. The maximum absolute atomic E-state index is 12.8. The molecule has 0 saturated carbocycles. The van der Waals surface area contributed by atoms with Gasteiger partial charge in [0.05, 0.1) is 6.54 Å². The molecule has 18 heavy (non-hydrogen) atoms. The van der Waals surface area contributed by atoms with E-state index < -0.39 is 0 Å². The molecule has 1 rings (SSSR count). The smallest absolute Gasteiger partial charge is 0.239 e. The van der Waals surface area contributed by atoms with Gasteiger partial charge < -0.3 is 15.4 Å². The summed E-state index contributed by atoms with van der Waals surface area (Å²) in [6.07, 6.45) is 0.780. The van der Waals surface area contributed by atoms with Crippen molar-refractivity contribution in [1.29, 1.82) is 0 Å². The number of hydrogen-bond acceptors (Lipinski definition) is 3. The van der Waals surface area contributed by atoms with Crippen molar-refractivity contribution >= 4 is 27.5 Å². The number of anilines is 1. The maximum atomic E-state index is 12.8. The minimum atomic E-state index is -0.323. The van der Waals surface area contributed by atoms with Crippen LogP contribution in [0.2, 0.25) is 0 Å². The Labute approximate surface area is 114 Å². The summed E-state index contributed by atoms with van der Waals surface area (Å²) in [5, 5.41) is 5.67. The van der Waals surface area contributed by atoms with Crippen LogP contribution in [0.3, 0.4) is 0 Å². The lowest BCUT2D eigenvalue weighted by Crippen LogP contribution is -2.31. The first-order chi connectivity index (χ1) is 8.63. The molecule has 0 heterocycles. The van der Waals surface area contributed by atoms with Crippen LogP contribution in [0.5, 0.6) is 0 Å². The molecule has 6 heteroatoms. The predicted octanol–water partition coefficient (Wildman–Crippen LogP) is 2.15. The Morgan fingerprint density at radius 1 is 1.50 bits per heavy atom. The number of amides is 1. The number of nitrogens with one attached hydrogen (secondary N) is 2. The number of carbonyl (C=O) groups excluding carboxylic acids is 1. The number of methoxy groups -OCH3 is 1. The van der Waals surface area contributed by atoms with Gasteiger partial charge in [-0.1, -0.05) is 0 Å². The van der Waals surface area contributed by atoms with E-state index in [-0.39, 0.29) is 18.3 Å². The zero-order valence-electron chi connectivity index (χ0n) is 10.1. The number of halogens is 2. The van der Waals surface area contributed by atoms with E-state index in [1.54, 1.807) is 13.2 Å². The van der Waals surface area contributed by atoms with Gasteiger partial charge in [-0.2, -0.15) is 0 Å². The fourth-order valence-electron chi connectivity index (χ4n) is 1.32. The zero-order valence-corrected chi connectivity index (χ0v) is 11.7. The highest BCUT2D eigenvalue weighted by Crippen LogP contribution is 2.22. The molecule has 0 atom stereocenters. The predicted molar refractivity (Wildman–Crippen MR) is 72.1 cm³/mol. The number of carbonyl (C=O) groups is 1. The van der Waals surface area contributed by atoms with Crippen LogP contribution in [0, 0.1) is 5.82 Å². The SMILES string of the molecule is COCCCNC(=O)CNc1ccc(F)cc1Br. The van der Waals surface area contributed by atoms with Gasteiger partial charge in [0.2, 0.25) is 5.91 Å². The average Bonchev–Trinajstić information content (AvgIpc) is 2.33. The molecule has 1 aromatic carbocycles. The van der Waals surface area contributed by atoms with E-state index in [4.69, 9.17) is 4.74 Å². The second-order valence-electron chi connectivity index (χ2n) is 3.67. The number of hydrogen-bond donors (Lipinski definition) is 2. The molecule has 0 aromatic heterocycles. The summed E-state index contributed by atoms with van der Waals surface area (Å²) in [6, 6.07) is 4.26. The van der Waals surface area contributed by atoms with Crippen LogP contribution in [-0.4, -0.2) is 32.7 Å². The third-order valence-corrected chi connectivity index (χ3v) is 2.87. The Kier molecular flexibility index (Phi) is 6.67. The van der Waals surface area contributed by atoms with Crippen molar-refractivity contribution in [1.82, 2.24) is 5.32 Å². The van der Waals surface area contributed by atoms with Gasteiger partial charge in [-0.05, 0) is 40.5 Å². The molecule has 4 nitrogen and oxygen atoms in total. The normalized spacial score (nSPS) is 10.2. The second-order valence-corrected chi connectivity index (χ2v) is 4.53. The van der Waals surface area contributed by atoms with E-state index >= 15 is 0 Å². The number of benzene rings is 1. The minimum Gasteiger partial charge on any atom is -0.385 e. The van der Waals surface area contributed by atoms with Crippen molar-refractivity contribution in [2.24, 2.45) is 0 Å². The first-order valence-electron chi connectivity index (χ1n) is 5.58. The molecule has 0 aliphatic rings. The van der Waals surface area contributed by atoms with Crippen LogP contribution in [0.1, 0.15) is 6.42 Å². The molecule has 0 radical (unpaired) electrons. The Morgan fingerprint density at radius 2 is 2.28 bits per heavy atom. The second kappa shape index (κ2) is 8.05. The Bertz CT molecular complexity index is 402.